The van der Waals surface area contributed by atoms with Crippen LogP contribution in [0.2, 0.25) is 0 Å². The highest BCUT2D eigenvalue weighted by Crippen LogP contribution is 2.21. The predicted molar refractivity (Wildman–Crippen MR) is 52.7 cm³/mol. The van der Waals surface area contributed by atoms with Gasteiger partial charge in [0.1, 0.15) is 0 Å². The number of rotatable bonds is 5. The summed E-state index contributed by atoms with van der Waals surface area (Å²) < 4.78 is 5.72. The summed E-state index contributed by atoms with van der Waals surface area (Å²) in [5.41, 5.74) is 0. The Morgan fingerprint density at radius 3 is 2.67 bits per heavy atom. The summed E-state index contributed by atoms with van der Waals surface area (Å²) in [6.45, 7) is 3.07. The molecule has 0 N–H and O–H groups in total. The first-order valence-electron chi connectivity index (χ1n) is 5.00. The lowest BCUT2D eigenvalue weighted by atomic mass is 10.1. The van der Waals surface area contributed by atoms with Crippen LogP contribution in [-0.2, 0) is 4.74 Å². The molecule has 0 bridgehead atoms. The molecule has 1 aliphatic carbocycles. The van der Waals surface area contributed by atoms with Crippen molar-refractivity contribution >= 4 is 11.6 Å². The van der Waals surface area contributed by atoms with Crippen molar-refractivity contribution < 1.29 is 4.74 Å². The lowest BCUT2D eigenvalue weighted by molar-refractivity contribution is 0.0517. The number of alkyl halides is 1. The fourth-order valence-electron chi connectivity index (χ4n) is 1.57. The Morgan fingerprint density at radius 2 is 2.08 bits per heavy atom. The van der Waals surface area contributed by atoms with Crippen molar-refractivity contribution in [3.8, 4) is 0 Å². The van der Waals surface area contributed by atoms with Crippen LogP contribution < -0.4 is 0 Å². The van der Waals surface area contributed by atoms with Crippen molar-refractivity contribution in [2.24, 2.45) is 5.92 Å². The van der Waals surface area contributed by atoms with Gasteiger partial charge in [0, 0.05) is 12.5 Å². The van der Waals surface area contributed by atoms with Crippen LogP contribution in [0.1, 0.15) is 39.0 Å². The third-order valence-electron chi connectivity index (χ3n) is 2.53. The van der Waals surface area contributed by atoms with Gasteiger partial charge in [-0.3, -0.25) is 0 Å². The lowest BCUT2D eigenvalue weighted by Crippen LogP contribution is -2.11. The van der Waals surface area contributed by atoms with Gasteiger partial charge in [0.2, 0.25) is 0 Å². The minimum Gasteiger partial charge on any atom is -0.378 e. The molecule has 1 rings (SSSR count). The van der Waals surface area contributed by atoms with E-state index in [1.54, 1.807) is 0 Å². The molecule has 0 spiro atoms. The topological polar surface area (TPSA) is 9.23 Å². The summed E-state index contributed by atoms with van der Waals surface area (Å²) in [4.78, 5) is 0. The maximum absolute atomic E-state index is 5.72. The first-order chi connectivity index (χ1) is 5.83. The second kappa shape index (κ2) is 5.82. The zero-order valence-corrected chi connectivity index (χ0v) is 8.65. The fourth-order valence-corrected chi connectivity index (χ4v) is 1.72. The van der Waals surface area contributed by atoms with Crippen molar-refractivity contribution in [3.05, 3.63) is 0 Å². The zero-order chi connectivity index (χ0) is 8.81. The minimum absolute atomic E-state index is 0.563. The van der Waals surface area contributed by atoms with E-state index >= 15 is 0 Å². The van der Waals surface area contributed by atoms with E-state index in [0.717, 1.165) is 18.9 Å². The molecule has 0 saturated heterocycles. The standard InChI is InChI=1S/C10H19ClO/c1-9(8-11)6-7-12-10-4-2-3-5-10/h9-10H,2-8H2,1H3. The predicted octanol–water partition coefficient (Wildman–Crippen LogP) is 3.21. The molecule has 1 atom stereocenters. The van der Waals surface area contributed by atoms with Gasteiger partial charge in [-0.2, -0.15) is 0 Å². The zero-order valence-electron chi connectivity index (χ0n) is 7.89. The van der Waals surface area contributed by atoms with E-state index in [4.69, 9.17) is 16.3 Å². The number of ether oxygens (including phenoxy) is 1. The van der Waals surface area contributed by atoms with E-state index in [0.29, 0.717) is 12.0 Å². The van der Waals surface area contributed by atoms with Crippen LogP contribution in [0.4, 0.5) is 0 Å². The highest BCUT2D eigenvalue weighted by Gasteiger charge is 2.14. The molecule has 72 valence electrons. The molecule has 1 unspecified atom stereocenters. The Hall–Kier alpha value is 0.250. The van der Waals surface area contributed by atoms with E-state index in [1.165, 1.54) is 25.7 Å². The van der Waals surface area contributed by atoms with Crippen LogP contribution >= 0.6 is 11.6 Å². The Labute approximate surface area is 80.4 Å². The molecule has 0 aromatic rings. The minimum atomic E-state index is 0.563. The SMILES string of the molecule is CC(CCl)CCOC1CCCC1. The second-order valence-electron chi connectivity index (χ2n) is 3.83. The van der Waals surface area contributed by atoms with Crippen molar-refractivity contribution in [1.29, 1.82) is 0 Å². The van der Waals surface area contributed by atoms with E-state index in [1.807, 2.05) is 0 Å². The molecule has 1 nitrogen and oxygen atoms in total. The maximum atomic E-state index is 5.72. The Bertz CT molecular complexity index is 110. The van der Waals surface area contributed by atoms with Crippen LogP contribution in [0.25, 0.3) is 0 Å². The lowest BCUT2D eigenvalue weighted by Gasteiger charge is -2.12. The average molecular weight is 191 g/mol. The summed E-state index contributed by atoms with van der Waals surface area (Å²) in [7, 11) is 0. The third-order valence-corrected chi connectivity index (χ3v) is 3.06. The van der Waals surface area contributed by atoms with Crippen molar-refractivity contribution in [3.63, 3.8) is 0 Å². The Balaban J connectivity index is 1.94. The van der Waals surface area contributed by atoms with Gasteiger partial charge in [-0.05, 0) is 25.2 Å². The molecule has 12 heavy (non-hydrogen) atoms. The molecule has 0 amide bonds. The molecule has 0 radical (unpaired) electrons. The highest BCUT2D eigenvalue weighted by atomic mass is 35.5. The Morgan fingerprint density at radius 1 is 1.42 bits per heavy atom. The first kappa shape index (κ1) is 10.3. The normalized spacial score (nSPS) is 21.5. The second-order valence-corrected chi connectivity index (χ2v) is 4.13. The van der Waals surface area contributed by atoms with Crippen LogP contribution in [-0.4, -0.2) is 18.6 Å². The summed E-state index contributed by atoms with van der Waals surface area (Å²) in [6, 6.07) is 0. The van der Waals surface area contributed by atoms with Gasteiger partial charge in [-0.25, -0.2) is 0 Å². The molecular formula is C10H19ClO. The van der Waals surface area contributed by atoms with E-state index in [-0.39, 0.29) is 0 Å². The molecule has 1 aliphatic rings. The van der Waals surface area contributed by atoms with Gasteiger partial charge in [-0.1, -0.05) is 19.8 Å². The van der Waals surface area contributed by atoms with Gasteiger partial charge in [0.25, 0.3) is 0 Å². The summed E-state index contributed by atoms with van der Waals surface area (Å²) in [5, 5.41) is 0. The van der Waals surface area contributed by atoms with Crippen LogP contribution in [0.3, 0.4) is 0 Å². The number of halogens is 1. The Kier molecular flexibility index (Phi) is 5.01. The third kappa shape index (κ3) is 3.77. The van der Waals surface area contributed by atoms with Crippen molar-refractivity contribution in [1.82, 2.24) is 0 Å². The van der Waals surface area contributed by atoms with Gasteiger partial charge in [-0.15, -0.1) is 11.6 Å². The average Bonchev–Trinajstić information content (AvgIpc) is 2.57. The van der Waals surface area contributed by atoms with Gasteiger partial charge in [0.15, 0.2) is 0 Å². The van der Waals surface area contributed by atoms with E-state index < -0.39 is 0 Å². The fraction of sp³-hybridized carbons (Fsp3) is 1.00. The van der Waals surface area contributed by atoms with Gasteiger partial charge < -0.3 is 4.74 Å². The maximum Gasteiger partial charge on any atom is 0.0575 e. The molecule has 2 heteroatoms. The molecule has 0 aliphatic heterocycles. The monoisotopic (exact) mass is 190 g/mol. The smallest absolute Gasteiger partial charge is 0.0575 e. The van der Waals surface area contributed by atoms with Crippen molar-refractivity contribution in [2.45, 2.75) is 45.1 Å². The molecular weight excluding hydrogens is 172 g/mol. The first-order valence-corrected chi connectivity index (χ1v) is 5.54. The summed E-state index contributed by atoms with van der Waals surface area (Å²) in [6.07, 6.45) is 6.93. The van der Waals surface area contributed by atoms with E-state index in [2.05, 4.69) is 6.92 Å². The molecule has 1 fully saturated rings. The van der Waals surface area contributed by atoms with Crippen LogP contribution in [0.5, 0.6) is 0 Å². The summed E-state index contributed by atoms with van der Waals surface area (Å²) in [5.74, 6) is 1.36. The van der Waals surface area contributed by atoms with Crippen molar-refractivity contribution in [2.75, 3.05) is 12.5 Å². The number of hydrogen-bond acceptors (Lipinski definition) is 1. The van der Waals surface area contributed by atoms with E-state index in [9.17, 15) is 0 Å². The quantitative estimate of drug-likeness (QED) is 0.605. The molecule has 0 heterocycles. The van der Waals surface area contributed by atoms with Crippen LogP contribution in [0, 0.1) is 5.92 Å². The summed E-state index contributed by atoms with van der Waals surface area (Å²) >= 11 is 5.69. The van der Waals surface area contributed by atoms with Crippen LogP contribution in [0.15, 0.2) is 0 Å². The largest absolute Gasteiger partial charge is 0.378 e. The molecule has 0 aromatic heterocycles. The highest BCUT2D eigenvalue weighted by molar-refractivity contribution is 6.18. The van der Waals surface area contributed by atoms with Gasteiger partial charge >= 0.3 is 0 Å². The van der Waals surface area contributed by atoms with Gasteiger partial charge in [0.05, 0.1) is 6.10 Å². The molecule has 0 aromatic carbocycles. The molecule has 1 saturated carbocycles. The number of hydrogen-bond donors (Lipinski definition) is 0.